The number of halogens is 1. The minimum absolute atomic E-state index is 0.0176. The minimum atomic E-state index is 0.0176. The van der Waals surface area contributed by atoms with Gasteiger partial charge in [0, 0.05) is 18.1 Å². The number of carbonyl (C=O) groups excluding carboxylic acids is 1. The highest BCUT2D eigenvalue weighted by Gasteiger charge is 2.21. The van der Waals surface area contributed by atoms with Crippen LogP contribution in [0.5, 0.6) is 5.75 Å². The second-order valence-electron chi connectivity index (χ2n) is 4.20. The van der Waals surface area contributed by atoms with Crippen molar-refractivity contribution in [1.82, 2.24) is 4.90 Å². The number of likely N-dealkylation sites (tertiary alicyclic amines) is 1. The van der Waals surface area contributed by atoms with Gasteiger partial charge in [0.1, 0.15) is 5.75 Å². The molecule has 4 heteroatoms. The largest absolute Gasteiger partial charge is 0.496 e. The van der Waals surface area contributed by atoms with Gasteiger partial charge < -0.3 is 9.64 Å². The Labute approximate surface area is 106 Å². The number of ether oxygens (including phenoxy) is 1. The van der Waals surface area contributed by atoms with Crippen molar-refractivity contribution in [2.75, 3.05) is 20.2 Å². The lowest BCUT2D eigenvalue weighted by Gasteiger charge is -2.27. The highest BCUT2D eigenvalue weighted by atomic mass is 35.5. The molecule has 0 unspecified atom stereocenters. The molecule has 0 radical (unpaired) electrons. The smallest absolute Gasteiger partial charge is 0.257 e. The quantitative estimate of drug-likeness (QED) is 0.811. The van der Waals surface area contributed by atoms with Crippen LogP contribution in [-0.4, -0.2) is 31.0 Å². The summed E-state index contributed by atoms with van der Waals surface area (Å²) in [5.74, 6) is 0.606. The molecule has 0 bridgehead atoms. The number of piperidine rings is 1. The second-order valence-corrected chi connectivity index (χ2v) is 4.63. The van der Waals surface area contributed by atoms with Gasteiger partial charge in [-0.3, -0.25) is 4.79 Å². The highest BCUT2D eigenvalue weighted by molar-refractivity contribution is 6.31. The van der Waals surface area contributed by atoms with Gasteiger partial charge in [0.05, 0.1) is 12.7 Å². The molecule has 1 amide bonds. The molecule has 2 rings (SSSR count). The minimum Gasteiger partial charge on any atom is -0.496 e. The molecule has 17 heavy (non-hydrogen) atoms. The summed E-state index contributed by atoms with van der Waals surface area (Å²) in [4.78, 5) is 14.2. The maximum Gasteiger partial charge on any atom is 0.257 e. The van der Waals surface area contributed by atoms with Crippen LogP contribution in [0, 0.1) is 0 Å². The summed E-state index contributed by atoms with van der Waals surface area (Å²) >= 11 is 5.93. The average Bonchev–Trinajstić information content (AvgIpc) is 2.39. The van der Waals surface area contributed by atoms with Gasteiger partial charge in [-0.1, -0.05) is 11.6 Å². The van der Waals surface area contributed by atoms with Crippen LogP contribution < -0.4 is 4.74 Å². The van der Waals surface area contributed by atoms with E-state index in [2.05, 4.69) is 0 Å². The van der Waals surface area contributed by atoms with Crippen LogP contribution in [0.4, 0.5) is 0 Å². The second kappa shape index (κ2) is 5.41. The zero-order chi connectivity index (χ0) is 12.3. The Kier molecular flexibility index (Phi) is 3.89. The van der Waals surface area contributed by atoms with Gasteiger partial charge in [-0.25, -0.2) is 0 Å². The van der Waals surface area contributed by atoms with Crippen LogP contribution in [0.15, 0.2) is 18.2 Å². The lowest BCUT2D eigenvalue weighted by Crippen LogP contribution is -2.35. The molecule has 0 atom stereocenters. The van der Waals surface area contributed by atoms with Gasteiger partial charge in [-0.15, -0.1) is 0 Å². The maximum atomic E-state index is 12.3. The van der Waals surface area contributed by atoms with Crippen molar-refractivity contribution in [3.05, 3.63) is 28.8 Å². The number of hydrogen-bond donors (Lipinski definition) is 0. The summed E-state index contributed by atoms with van der Waals surface area (Å²) in [5.41, 5.74) is 0.557. The van der Waals surface area contributed by atoms with E-state index in [1.54, 1.807) is 25.3 Å². The van der Waals surface area contributed by atoms with E-state index in [1.165, 1.54) is 6.42 Å². The first kappa shape index (κ1) is 12.2. The molecular formula is C13H16ClNO2. The molecule has 92 valence electrons. The Morgan fingerprint density at radius 2 is 2.00 bits per heavy atom. The van der Waals surface area contributed by atoms with Crippen molar-refractivity contribution in [3.63, 3.8) is 0 Å². The Hall–Kier alpha value is -1.22. The number of benzene rings is 1. The number of carbonyl (C=O) groups is 1. The van der Waals surface area contributed by atoms with E-state index in [1.807, 2.05) is 4.90 Å². The molecule has 0 N–H and O–H groups in total. The molecule has 0 saturated carbocycles. The van der Waals surface area contributed by atoms with E-state index in [4.69, 9.17) is 16.3 Å². The molecule has 1 aromatic rings. The Morgan fingerprint density at radius 1 is 1.29 bits per heavy atom. The topological polar surface area (TPSA) is 29.5 Å². The molecular weight excluding hydrogens is 238 g/mol. The van der Waals surface area contributed by atoms with Gasteiger partial charge in [-0.05, 0) is 37.5 Å². The van der Waals surface area contributed by atoms with E-state index in [-0.39, 0.29) is 5.91 Å². The average molecular weight is 254 g/mol. The molecule has 1 saturated heterocycles. The van der Waals surface area contributed by atoms with E-state index in [0.717, 1.165) is 25.9 Å². The Balaban J connectivity index is 2.25. The van der Waals surface area contributed by atoms with Crippen LogP contribution in [0.1, 0.15) is 29.6 Å². The third-order valence-electron chi connectivity index (χ3n) is 3.04. The van der Waals surface area contributed by atoms with Crippen molar-refractivity contribution in [1.29, 1.82) is 0 Å². The van der Waals surface area contributed by atoms with Crippen molar-refractivity contribution in [2.45, 2.75) is 19.3 Å². The first-order chi connectivity index (χ1) is 8.22. The number of hydrogen-bond acceptors (Lipinski definition) is 2. The number of amides is 1. The summed E-state index contributed by atoms with van der Waals surface area (Å²) in [6.07, 6.45) is 3.36. The van der Waals surface area contributed by atoms with Gasteiger partial charge in [0.15, 0.2) is 0 Å². The molecule has 1 aliphatic heterocycles. The molecule has 0 aliphatic carbocycles. The van der Waals surface area contributed by atoms with Gasteiger partial charge in [-0.2, -0.15) is 0 Å². The fourth-order valence-electron chi connectivity index (χ4n) is 2.11. The summed E-state index contributed by atoms with van der Waals surface area (Å²) in [6.45, 7) is 1.66. The van der Waals surface area contributed by atoms with Crippen molar-refractivity contribution in [3.8, 4) is 5.75 Å². The zero-order valence-corrected chi connectivity index (χ0v) is 10.7. The lowest BCUT2D eigenvalue weighted by molar-refractivity contribution is 0.0721. The van der Waals surface area contributed by atoms with Crippen LogP contribution in [0.3, 0.4) is 0 Å². The molecule has 1 aliphatic rings. The predicted octanol–water partition coefficient (Wildman–Crippen LogP) is 2.97. The Morgan fingerprint density at radius 3 is 2.65 bits per heavy atom. The Bertz CT molecular complexity index is 414. The van der Waals surface area contributed by atoms with Crippen molar-refractivity contribution >= 4 is 17.5 Å². The van der Waals surface area contributed by atoms with Crippen LogP contribution in [-0.2, 0) is 0 Å². The first-order valence-corrected chi connectivity index (χ1v) is 6.23. The molecule has 1 fully saturated rings. The number of rotatable bonds is 2. The highest BCUT2D eigenvalue weighted by Crippen LogP contribution is 2.25. The lowest BCUT2D eigenvalue weighted by atomic mass is 10.1. The fraction of sp³-hybridized carbons (Fsp3) is 0.462. The van der Waals surface area contributed by atoms with Gasteiger partial charge >= 0.3 is 0 Å². The molecule has 1 heterocycles. The summed E-state index contributed by atoms with van der Waals surface area (Å²) in [5, 5.41) is 0.561. The molecule has 0 aromatic heterocycles. The van der Waals surface area contributed by atoms with Crippen LogP contribution in [0.25, 0.3) is 0 Å². The first-order valence-electron chi connectivity index (χ1n) is 5.85. The molecule has 1 aromatic carbocycles. The third kappa shape index (κ3) is 2.72. The molecule has 3 nitrogen and oxygen atoms in total. The van der Waals surface area contributed by atoms with E-state index in [9.17, 15) is 4.79 Å². The number of methoxy groups -OCH3 is 1. The van der Waals surface area contributed by atoms with Crippen LogP contribution in [0.2, 0.25) is 5.02 Å². The van der Waals surface area contributed by atoms with Gasteiger partial charge in [0.25, 0.3) is 5.91 Å². The van der Waals surface area contributed by atoms with Crippen LogP contribution >= 0.6 is 11.6 Å². The summed E-state index contributed by atoms with van der Waals surface area (Å²) < 4.78 is 5.21. The van der Waals surface area contributed by atoms with Gasteiger partial charge in [0.2, 0.25) is 0 Å². The normalized spacial score (nSPS) is 15.8. The predicted molar refractivity (Wildman–Crippen MR) is 67.8 cm³/mol. The fourth-order valence-corrected chi connectivity index (χ4v) is 2.29. The number of nitrogens with zero attached hydrogens (tertiary/aromatic N) is 1. The zero-order valence-electron chi connectivity index (χ0n) is 9.91. The maximum absolute atomic E-state index is 12.3. The summed E-state index contributed by atoms with van der Waals surface area (Å²) in [7, 11) is 1.57. The van der Waals surface area contributed by atoms with E-state index in [0.29, 0.717) is 16.3 Å². The summed E-state index contributed by atoms with van der Waals surface area (Å²) in [6, 6.07) is 5.14. The standard InChI is InChI=1S/C13H16ClNO2/c1-17-12-6-5-10(14)9-11(12)13(16)15-7-3-2-4-8-15/h5-6,9H,2-4,7-8H2,1H3. The SMILES string of the molecule is COc1ccc(Cl)cc1C(=O)N1CCCCC1. The molecule has 0 spiro atoms. The van der Waals surface area contributed by atoms with E-state index >= 15 is 0 Å². The van der Waals surface area contributed by atoms with Crippen molar-refractivity contribution in [2.24, 2.45) is 0 Å². The third-order valence-corrected chi connectivity index (χ3v) is 3.27. The monoisotopic (exact) mass is 253 g/mol. The van der Waals surface area contributed by atoms with E-state index < -0.39 is 0 Å². The van der Waals surface area contributed by atoms with Crippen molar-refractivity contribution < 1.29 is 9.53 Å².